The Morgan fingerprint density at radius 3 is 2.61 bits per heavy atom. The molecule has 0 atom stereocenters. The number of carbonyl (C=O) groups is 2. The Morgan fingerprint density at radius 1 is 1.13 bits per heavy atom. The molecule has 0 aliphatic rings. The van der Waals surface area contributed by atoms with Gasteiger partial charge in [0.15, 0.2) is 0 Å². The van der Waals surface area contributed by atoms with Crippen molar-refractivity contribution >= 4 is 23.6 Å². The van der Waals surface area contributed by atoms with E-state index in [-0.39, 0.29) is 16.8 Å². The Morgan fingerprint density at radius 2 is 1.91 bits per heavy atom. The van der Waals surface area contributed by atoms with E-state index in [4.69, 9.17) is 0 Å². The van der Waals surface area contributed by atoms with Crippen LogP contribution in [0.1, 0.15) is 15.9 Å². The number of nitrogens with zero attached hydrogens (tertiary/aromatic N) is 2. The molecule has 0 spiro atoms. The summed E-state index contributed by atoms with van der Waals surface area (Å²) in [5.41, 5.74) is 4.84. The molecule has 8 nitrogen and oxygen atoms in total. The van der Waals surface area contributed by atoms with Gasteiger partial charge >= 0.3 is 0 Å². The van der Waals surface area contributed by atoms with Crippen molar-refractivity contribution in [3.63, 3.8) is 0 Å². The number of nitro groups is 1. The van der Waals surface area contributed by atoms with Crippen molar-refractivity contribution in [2.45, 2.75) is 0 Å². The standard InChI is InChI=1S/C15H12N4O4/c20-14(17-18-15(21)12-5-3-9-16-10-12)8-7-11-4-1-2-6-13(11)19(22)23/h1-10H,(H,17,20)(H,18,21)/b8-7+. The Labute approximate surface area is 131 Å². The third kappa shape index (κ3) is 4.46. The van der Waals surface area contributed by atoms with Gasteiger partial charge in [0.2, 0.25) is 0 Å². The number of para-hydroxylation sites is 1. The number of carbonyl (C=O) groups excluding carboxylic acids is 2. The molecule has 0 fully saturated rings. The fourth-order valence-electron chi connectivity index (χ4n) is 1.69. The first-order valence-corrected chi connectivity index (χ1v) is 6.50. The highest BCUT2D eigenvalue weighted by atomic mass is 16.6. The lowest BCUT2D eigenvalue weighted by atomic mass is 10.1. The summed E-state index contributed by atoms with van der Waals surface area (Å²) in [5.74, 6) is -1.15. The summed E-state index contributed by atoms with van der Waals surface area (Å²) >= 11 is 0. The lowest BCUT2D eigenvalue weighted by molar-refractivity contribution is -0.385. The van der Waals surface area contributed by atoms with E-state index < -0.39 is 16.7 Å². The second-order valence-electron chi connectivity index (χ2n) is 4.33. The second kappa shape index (κ2) is 7.46. The molecular weight excluding hydrogens is 300 g/mol. The van der Waals surface area contributed by atoms with Crippen molar-refractivity contribution in [3.8, 4) is 0 Å². The second-order valence-corrected chi connectivity index (χ2v) is 4.33. The summed E-state index contributed by atoms with van der Waals surface area (Å²) in [6.45, 7) is 0. The van der Waals surface area contributed by atoms with Crippen LogP contribution in [0.25, 0.3) is 6.08 Å². The molecule has 0 aliphatic heterocycles. The van der Waals surface area contributed by atoms with Crippen LogP contribution in [0.15, 0.2) is 54.9 Å². The van der Waals surface area contributed by atoms with Gasteiger partial charge in [-0.3, -0.25) is 35.5 Å². The highest BCUT2D eigenvalue weighted by molar-refractivity contribution is 5.97. The normalized spacial score (nSPS) is 10.3. The van der Waals surface area contributed by atoms with Crippen LogP contribution in [0.5, 0.6) is 0 Å². The van der Waals surface area contributed by atoms with Gasteiger partial charge in [0.1, 0.15) is 0 Å². The van der Waals surface area contributed by atoms with E-state index in [1.165, 1.54) is 42.7 Å². The van der Waals surface area contributed by atoms with E-state index in [2.05, 4.69) is 15.8 Å². The molecule has 116 valence electrons. The number of hydrogen-bond acceptors (Lipinski definition) is 5. The quantitative estimate of drug-likeness (QED) is 0.504. The molecule has 0 saturated carbocycles. The summed E-state index contributed by atoms with van der Waals surface area (Å²) in [6, 6.07) is 9.12. The summed E-state index contributed by atoms with van der Waals surface area (Å²) < 4.78 is 0. The average molecular weight is 312 g/mol. The van der Waals surface area contributed by atoms with Crippen LogP contribution in [-0.2, 0) is 4.79 Å². The van der Waals surface area contributed by atoms with Crippen LogP contribution >= 0.6 is 0 Å². The van der Waals surface area contributed by atoms with Crippen LogP contribution in [0, 0.1) is 10.1 Å². The monoisotopic (exact) mass is 312 g/mol. The smallest absolute Gasteiger partial charge is 0.268 e. The van der Waals surface area contributed by atoms with Gasteiger partial charge in [0, 0.05) is 24.5 Å². The first-order chi connectivity index (χ1) is 11.1. The van der Waals surface area contributed by atoms with Crippen molar-refractivity contribution in [3.05, 3.63) is 76.1 Å². The van der Waals surface area contributed by atoms with Crippen LogP contribution in [-0.4, -0.2) is 21.7 Å². The zero-order chi connectivity index (χ0) is 16.7. The van der Waals surface area contributed by atoms with E-state index in [9.17, 15) is 19.7 Å². The van der Waals surface area contributed by atoms with E-state index in [0.717, 1.165) is 6.08 Å². The molecule has 0 bridgehead atoms. The maximum atomic E-state index is 11.7. The third-order valence-electron chi connectivity index (χ3n) is 2.77. The molecule has 0 saturated heterocycles. The van der Waals surface area contributed by atoms with Gasteiger partial charge in [0.25, 0.3) is 17.5 Å². The van der Waals surface area contributed by atoms with Gasteiger partial charge in [-0.05, 0) is 24.3 Å². The SMILES string of the molecule is O=C(/C=C/c1ccccc1[N+](=O)[O-])NNC(=O)c1cccnc1. The number of nitro benzene ring substituents is 1. The van der Waals surface area contributed by atoms with Crippen molar-refractivity contribution in [1.29, 1.82) is 0 Å². The van der Waals surface area contributed by atoms with Gasteiger partial charge in [0.05, 0.1) is 16.1 Å². The zero-order valence-corrected chi connectivity index (χ0v) is 11.8. The molecule has 0 aliphatic carbocycles. The Balaban J connectivity index is 1.95. The number of nitrogens with one attached hydrogen (secondary N) is 2. The molecule has 1 heterocycles. The predicted molar refractivity (Wildman–Crippen MR) is 82.0 cm³/mol. The topological polar surface area (TPSA) is 114 Å². The largest absolute Gasteiger partial charge is 0.276 e. The molecule has 0 radical (unpaired) electrons. The van der Waals surface area contributed by atoms with Gasteiger partial charge in [-0.1, -0.05) is 12.1 Å². The van der Waals surface area contributed by atoms with Crippen molar-refractivity contribution < 1.29 is 14.5 Å². The number of benzene rings is 1. The minimum Gasteiger partial charge on any atom is -0.268 e. The fraction of sp³-hybridized carbons (Fsp3) is 0. The predicted octanol–water partition coefficient (Wildman–Crippen LogP) is 1.46. The number of pyridine rings is 1. The third-order valence-corrected chi connectivity index (χ3v) is 2.77. The van der Waals surface area contributed by atoms with E-state index in [0.29, 0.717) is 0 Å². The maximum absolute atomic E-state index is 11.7. The molecule has 2 aromatic rings. The molecule has 1 aromatic carbocycles. The minimum atomic E-state index is -0.625. The Kier molecular flexibility index (Phi) is 5.13. The first kappa shape index (κ1) is 15.8. The Hall–Kier alpha value is -3.55. The van der Waals surface area contributed by atoms with Crippen LogP contribution in [0.3, 0.4) is 0 Å². The van der Waals surface area contributed by atoms with Gasteiger partial charge in [-0.15, -0.1) is 0 Å². The molecule has 0 unspecified atom stereocenters. The van der Waals surface area contributed by atoms with Gasteiger partial charge < -0.3 is 0 Å². The van der Waals surface area contributed by atoms with Crippen molar-refractivity contribution in [2.75, 3.05) is 0 Å². The van der Waals surface area contributed by atoms with Crippen molar-refractivity contribution in [2.24, 2.45) is 0 Å². The molecule has 23 heavy (non-hydrogen) atoms. The summed E-state index contributed by atoms with van der Waals surface area (Å²) in [6.07, 6.45) is 5.26. The van der Waals surface area contributed by atoms with Crippen LogP contribution in [0.4, 0.5) is 5.69 Å². The molecule has 1 aromatic heterocycles. The fourth-order valence-corrected chi connectivity index (χ4v) is 1.69. The number of hydrogen-bond donors (Lipinski definition) is 2. The zero-order valence-electron chi connectivity index (χ0n) is 11.8. The van der Waals surface area contributed by atoms with Crippen LogP contribution < -0.4 is 10.9 Å². The molecule has 2 amide bonds. The Bertz CT molecular complexity index is 759. The van der Waals surface area contributed by atoms with E-state index >= 15 is 0 Å². The first-order valence-electron chi connectivity index (χ1n) is 6.50. The number of rotatable bonds is 4. The summed E-state index contributed by atoms with van der Waals surface area (Å²) in [7, 11) is 0. The van der Waals surface area contributed by atoms with Gasteiger partial charge in [-0.25, -0.2) is 0 Å². The average Bonchev–Trinajstić information content (AvgIpc) is 2.58. The van der Waals surface area contributed by atoms with E-state index in [1.807, 2.05) is 0 Å². The lowest BCUT2D eigenvalue weighted by Gasteiger charge is -2.04. The molecule has 2 N–H and O–H groups in total. The van der Waals surface area contributed by atoms with E-state index in [1.54, 1.807) is 12.1 Å². The number of amides is 2. The lowest BCUT2D eigenvalue weighted by Crippen LogP contribution is -2.40. The highest BCUT2D eigenvalue weighted by Crippen LogP contribution is 2.18. The van der Waals surface area contributed by atoms with Gasteiger partial charge in [-0.2, -0.15) is 0 Å². The highest BCUT2D eigenvalue weighted by Gasteiger charge is 2.10. The van der Waals surface area contributed by atoms with Crippen LogP contribution in [0.2, 0.25) is 0 Å². The summed E-state index contributed by atoms with van der Waals surface area (Å²) in [5, 5.41) is 10.8. The molecule has 2 rings (SSSR count). The maximum Gasteiger partial charge on any atom is 0.276 e. The number of hydrazine groups is 1. The molecule has 8 heteroatoms. The minimum absolute atomic E-state index is 0.115. The molecular formula is C15H12N4O4. The number of aromatic nitrogens is 1. The van der Waals surface area contributed by atoms with Crippen molar-refractivity contribution in [1.82, 2.24) is 15.8 Å². The summed E-state index contributed by atoms with van der Waals surface area (Å²) in [4.78, 5) is 37.4.